The summed E-state index contributed by atoms with van der Waals surface area (Å²) < 4.78 is 66.5. The molecule has 0 aliphatic carbocycles. The van der Waals surface area contributed by atoms with Crippen molar-refractivity contribution in [3.05, 3.63) is 48.0 Å². The van der Waals surface area contributed by atoms with E-state index in [2.05, 4.69) is 15.6 Å². The van der Waals surface area contributed by atoms with E-state index in [1.165, 1.54) is 18.0 Å². The van der Waals surface area contributed by atoms with E-state index in [1.54, 1.807) is 24.3 Å². The highest BCUT2D eigenvalue weighted by molar-refractivity contribution is 7.97. The summed E-state index contributed by atoms with van der Waals surface area (Å²) in [6, 6.07) is 10.0. The molecule has 0 radical (unpaired) electrons. The van der Waals surface area contributed by atoms with Crippen molar-refractivity contribution in [2.24, 2.45) is 0 Å². The first-order valence-corrected chi connectivity index (χ1v) is 15.6. The minimum absolute atomic E-state index is 0.00478. The SMILES string of the molecule is CS(=O)(=O)Nc1cccc2c(O)c(SN3CCOCC3)cc(NNC(=S)c3cc(S(=O)(=O)O)ccc3N)c12. The molecule has 0 atom stereocenters. The highest BCUT2D eigenvalue weighted by Gasteiger charge is 2.21. The molecule has 0 saturated carbocycles. The number of fused-ring (bicyclic) bond motifs is 1. The second-order valence-corrected chi connectivity index (χ2v) is 13.0. The fourth-order valence-electron chi connectivity index (χ4n) is 3.76. The van der Waals surface area contributed by atoms with Crippen molar-refractivity contribution in [1.29, 1.82) is 0 Å². The second kappa shape index (κ2) is 11.1. The molecule has 0 amide bonds. The fourth-order valence-corrected chi connectivity index (χ4v) is 6.04. The van der Waals surface area contributed by atoms with Crippen molar-refractivity contribution in [2.75, 3.05) is 48.4 Å². The Balaban J connectivity index is 1.75. The third kappa shape index (κ3) is 6.58. The Kier molecular flexibility index (Phi) is 8.22. The van der Waals surface area contributed by atoms with Crippen LogP contribution in [0.1, 0.15) is 5.56 Å². The number of morpholine rings is 1. The number of nitrogens with two attached hydrogens (primary N) is 1. The first kappa shape index (κ1) is 28.2. The summed E-state index contributed by atoms with van der Waals surface area (Å²) in [4.78, 5) is 0.119. The third-order valence-electron chi connectivity index (χ3n) is 5.47. The van der Waals surface area contributed by atoms with Gasteiger partial charge in [-0.25, -0.2) is 12.7 Å². The van der Waals surface area contributed by atoms with Crippen molar-refractivity contribution in [2.45, 2.75) is 9.79 Å². The van der Waals surface area contributed by atoms with Gasteiger partial charge in [0.1, 0.15) is 10.7 Å². The zero-order chi connectivity index (χ0) is 27.7. The number of aromatic hydroxyl groups is 1. The van der Waals surface area contributed by atoms with Gasteiger partial charge in [-0.15, -0.1) is 0 Å². The molecule has 12 nitrogen and oxygen atoms in total. The number of nitrogen functional groups attached to an aromatic ring is 1. The molecular formula is C22H25N5O7S4. The lowest BCUT2D eigenvalue weighted by Gasteiger charge is -2.26. The van der Waals surface area contributed by atoms with Crippen LogP contribution in [0.15, 0.2) is 52.3 Å². The Labute approximate surface area is 229 Å². The Morgan fingerprint density at radius 1 is 1.11 bits per heavy atom. The van der Waals surface area contributed by atoms with Crippen LogP contribution in [-0.4, -0.2) is 68.3 Å². The van der Waals surface area contributed by atoms with Crippen LogP contribution in [0.3, 0.4) is 0 Å². The van der Waals surface area contributed by atoms with Crippen LogP contribution >= 0.6 is 24.2 Å². The highest BCUT2D eigenvalue weighted by Crippen LogP contribution is 2.43. The van der Waals surface area contributed by atoms with Crippen LogP contribution < -0.4 is 21.3 Å². The van der Waals surface area contributed by atoms with Crippen LogP contribution in [0.2, 0.25) is 0 Å². The number of rotatable bonds is 8. The number of ether oxygens (including phenoxy) is 1. The van der Waals surface area contributed by atoms with Gasteiger partial charge < -0.3 is 15.6 Å². The van der Waals surface area contributed by atoms with Gasteiger partial charge in [-0.1, -0.05) is 24.4 Å². The molecule has 1 aliphatic rings. The van der Waals surface area contributed by atoms with E-state index < -0.39 is 20.1 Å². The molecule has 3 aromatic rings. The van der Waals surface area contributed by atoms with E-state index in [9.17, 15) is 26.5 Å². The number of hydrazine groups is 1. The molecule has 204 valence electrons. The van der Waals surface area contributed by atoms with Crippen LogP contribution in [-0.2, 0) is 24.9 Å². The first-order valence-electron chi connectivity index (χ1n) is 11.0. The molecular weight excluding hydrogens is 575 g/mol. The number of phenols is 1. The summed E-state index contributed by atoms with van der Waals surface area (Å²) in [5.74, 6) is -0.0353. The Bertz CT molecular complexity index is 1610. The fraction of sp³-hybridized carbons (Fsp3) is 0.227. The first-order chi connectivity index (χ1) is 17.8. The molecule has 16 heteroatoms. The predicted octanol–water partition coefficient (Wildman–Crippen LogP) is 2.38. The van der Waals surface area contributed by atoms with Crippen LogP contribution in [0.5, 0.6) is 5.75 Å². The number of hydrogen-bond donors (Lipinski definition) is 6. The number of benzene rings is 3. The molecule has 0 aromatic heterocycles. The van der Waals surface area contributed by atoms with Crippen molar-refractivity contribution in [3.63, 3.8) is 0 Å². The maximum atomic E-state index is 12.0. The average Bonchev–Trinajstić information content (AvgIpc) is 2.84. The lowest BCUT2D eigenvalue weighted by molar-refractivity contribution is 0.0773. The van der Waals surface area contributed by atoms with Gasteiger partial charge in [0.05, 0.1) is 40.6 Å². The summed E-state index contributed by atoms with van der Waals surface area (Å²) in [5, 5.41) is 11.8. The second-order valence-electron chi connectivity index (χ2n) is 8.31. The maximum Gasteiger partial charge on any atom is 0.294 e. The van der Waals surface area contributed by atoms with Gasteiger partial charge in [0.25, 0.3) is 10.1 Å². The van der Waals surface area contributed by atoms with E-state index in [0.717, 1.165) is 18.4 Å². The lowest BCUT2D eigenvalue weighted by atomic mass is 10.1. The zero-order valence-electron chi connectivity index (χ0n) is 20.0. The van der Waals surface area contributed by atoms with Gasteiger partial charge in [-0.05, 0) is 42.3 Å². The minimum Gasteiger partial charge on any atom is -0.506 e. The molecule has 0 spiro atoms. The van der Waals surface area contributed by atoms with Crippen molar-refractivity contribution < 1.29 is 31.2 Å². The van der Waals surface area contributed by atoms with Gasteiger partial charge in [0, 0.05) is 35.1 Å². The van der Waals surface area contributed by atoms with Crippen molar-refractivity contribution >= 4 is 77.1 Å². The Morgan fingerprint density at radius 3 is 2.47 bits per heavy atom. The zero-order valence-corrected chi connectivity index (χ0v) is 23.2. The van der Waals surface area contributed by atoms with E-state index in [1.807, 2.05) is 4.31 Å². The van der Waals surface area contributed by atoms with Gasteiger partial charge in [0.15, 0.2) is 0 Å². The molecule has 1 fully saturated rings. The summed E-state index contributed by atoms with van der Waals surface area (Å²) in [6.07, 6.45) is 1.01. The van der Waals surface area contributed by atoms with Crippen molar-refractivity contribution in [1.82, 2.24) is 9.73 Å². The van der Waals surface area contributed by atoms with E-state index in [-0.39, 0.29) is 32.6 Å². The monoisotopic (exact) mass is 599 g/mol. The lowest BCUT2D eigenvalue weighted by Crippen LogP contribution is -2.31. The van der Waals surface area contributed by atoms with Crippen LogP contribution in [0.4, 0.5) is 17.1 Å². The number of anilines is 3. The summed E-state index contributed by atoms with van der Waals surface area (Å²) in [7, 11) is -8.15. The third-order valence-corrected chi connectivity index (χ3v) is 8.36. The molecule has 1 saturated heterocycles. The summed E-state index contributed by atoms with van der Waals surface area (Å²) >= 11 is 6.73. The molecule has 3 aromatic carbocycles. The number of nitrogens with zero attached hydrogens (tertiary/aromatic N) is 1. The van der Waals surface area contributed by atoms with E-state index in [4.69, 9.17) is 22.7 Å². The number of nitrogens with one attached hydrogen (secondary N) is 3. The van der Waals surface area contributed by atoms with Gasteiger partial charge in [0.2, 0.25) is 10.0 Å². The Morgan fingerprint density at radius 2 is 1.82 bits per heavy atom. The highest BCUT2D eigenvalue weighted by atomic mass is 32.2. The van der Waals surface area contributed by atoms with Crippen LogP contribution in [0, 0.1) is 0 Å². The predicted molar refractivity (Wildman–Crippen MR) is 151 cm³/mol. The largest absolute Gasteiger partial charge is 0.506 e. The molecule has 1 aliphatic heterocycles. The molecule has 4 rings (SSSR count). The van der Waals surface area contributed by atoms with Crippen LogP contribution in [0.25, 0.3) is 10.8 Å². The smallest absolute Gasteiger partial charge is 0.294 e. The topological polar surface area (TPSA) is 183 Å². The average molecular weight is 600 g/mol. The number of hydrogen-bond acceptors (Lipinski definition) is 11. The molecule has 38 heavy (non-hydrogen) atoms. The molecule has 0 unspecified atom stereocenters. The Hall–Kier alpha value is -2.86. The molecule has 0 bridgehead atoms. The summed E-state index contributed by atoms with van der Waals surface area (Å²) in [5.41, 5.74) is 12.6. The van der Waals surface area contributed by atoms with Gasteiger partial charge in [-0.2, -0.15) is 8.42 Å². The maximum absolute atomic E-state index is 12.0. The standard InChI is InChI=1S/C22H25N5O7S4/c1-37(29,30)26-17-4-2-3-14-20(17)18(12-19(21(14)28)36-27-7-9-34-10-8-27)24-25-22(35)15-11-13(38(31,32)33)5-6-16(15)23/h2-6,11-12,24,26,28H,7-10,23H2,1H3,(H,25,35)(H,31,32,33). The van der Waals surface area contributed by atoms with E-state index >= 15 is 0 Å². The number of thiocarbonyl (C=S) groups is 1. The van der Waals surface area contributed by atoms with Crippen molar-refractivity contribution in [3.8, 4) is 5.75 Å². The summed E-state index contributed by atoms with van der Waals surface area (Å²) in [6.45, 7) is 2.39. The number of phenolic OH excluding ortho intramolecular Hbond substituents is 1. The minimum atomic E-state index is -4.49. The van der Waals surface area contributed by atoms with E-state index in [0.29, 0.717) is 47.7 Å². The van der Waals surface area contributed by atoms with Gasteiger partial charge in [-0.3, -0.25) is 20.1 Å². The molecule has 1 heterocycles. The number of sulfonamides is 1. The molecule has 7 N–H and O–H groups in total. The normalized spacial score (nSPS) is 14.8. The van der Waals surface area contributed by atoms with Gasteiger partial charge >= 0.3 is 0 Å². The quantitative estimate of drug-likeness (QED) is 0.0555.